The van der Waals surface area contributed by atoms with Crippen molar-refractivity contribution < 1.29 is 27.9 Å². The minimum atomic E-state index is -3.34. The predicted molar refractivity (Wildman–Crippen MR) is 70.2 cm³/mol. The van der Waals surface area contributed by atoms with Gasteiger partial charge < -0.3 is 15.2 Å². The summed E-state index contributed by atoms with van der Waals surface area (Å²) in [6, 6.07) is -1.12. The van der Waals surface area contributed by atoms with Crippen LogP contribution in [0, 0.1) is 5.92 Å². The average Bonchev–Trinajstić information content (AvgIpc) is 2.42. The minimum absolute atomic E-state index is 0.0873. The lowest BCUT2D eigenvalue weighted by Crippen LogP contribution is -2.50. The van der Waals surface area contributed by atoms with E-state index >= 15 is 0 Å². The summed E-state index contributed by atoms with van der Waals surface area (Å²) in [5, 5.41) is 11.4. The fourth-order valence-corrected chi connectivity index (χ4v) is 2.98. The van der Waals surface area contributed by atoms with Gasteiger partial charge in [0, 0.05) is 13.1 Å². The molecule has 2 unspecified atom stereocenters. The van der Waals surface area contributed by atoms with Gasteiger partial charge in [0.25, 0.3) is 0 Å². The Balaban J connectivity index is 2.65. The zero-order valence-corrected chi connectivity index (χ0v) is 12.4. The SMILES string of the molecule is COC(=O)C(CO)NC(=O)C1CCCN(S(C)(=O)=O)C1. The number of amides is 1. The summed E-state index contributed by atoms with van der Waals surface area (Å²) < 4.78 is 28.6. The predicted octanol–water partition coefficient (Wildman–Crippen LogP) is -1.69. The van der Waals surface area contributed by atoms with E-state index in [1.807, 2.05) is 0 Å². The third-order valence-corrected chi connectivity index (χ3v) is 4.48. The van der Waals surface area contributed by atoms with Crippen LogP contribution >= 0.6 is 0 Å². The number of rotatable bonds is 5. The van der Waals surface area contributed by atoms with E-state index in [2.05, 4.69) is 10.1 Å². The van der Waals surface area contributed by atoms with E-state index in [-0.39, 0.29) is 6.54 Å². The molecular weight excluding hydrogens is 288 g/mol. The van der Waals surface area contributed by atoms with Crippen molar-refractivity contribution in [1.29, 1.82) is 0 Å². The molecule has 1 amide bonds. The number of sulfonamides is 1. The lowest BCUT2D eigenvalue weighted by atomic mass is 9.98. The monoisotopic (exact) mass is 308 g/mol. The van der Waals surface area contributed by atoms with Crippen LogP contribution in [-0.4, -0.2) is 68.8 Å². The molecule has 0 aromatic heterocycles. The summed E-state index contributed by atoms with van der Waals surface area (Å²) >= 11 is 0. The fraction of sp³-hybridized carbons (Fsp3) is 0.818. The third kappa shape index (κ3) is 4.43. The van der Waals surface area contributed by atoms with Crippen molar-refractivity contribution in [3.63, 3.8) is 0 Å². The Morgan fingerprint density at radius 2 is 2.15 bits per heavy atom. The fourth-order valence-electron chi connectivity index (χ4n) is 2.07. The van der Waals surface area contributed by atoms with E-state index in [4.69, 9.17) is 5.11 Å². The number of nitrogens with zero attached hydrogens (tertiary/aromatic N) is 1. The number of piperidine rings is 1. The van der Waals surface area contributed by atoms with Gasteiger partial charge >= 0.3 is 5.97 Å². The van der Waals surface area contributed by atoms with E-state index in [1.165, 1.54) is 4.31 Å². The molecule has 0 saturated carbocycles. The minimum Gasteiger partial charge on any atom is -0.467 e. The molecule has 0 radical (unpaired) electrons. The van der Waals surface area contributed by atoms with E-state index in [9.17, 15) is 18.0 Å². The number of methoxy groups -OCH3 is 1. The van der Waals surface area contributed by atoms with Gasteiger partial charge in [0.05, 0.1) is 25.9 Å². The van der Waals surface area contributed by atoms with Gasteiger partial charge in [-0.25, -0.2) is 17.5 Å². The lowest BCUT2D eigenvalue weighted by molar-refractivity contribution is -0.146. The van der Waals surface area contributed by atoms with Crippen molar-refractivity contribution in [2.45, 2.75) is 18.9 Å². The van der Waals surface area contributed by atoms with Crippen molar-refractivity contribution in [1.82, 2.24) is 9.62 Å². The summed E-state index contributed by atoms with van der Waals surface area (Å²) in [6.45, 7) is -0.0893. The number of nitrogens with one attached hydrogen (secondary N) is 1. The molecule has 0 bridgehead atoms. The summed E-state index contributed by atoms with van der Waals surface area (Å²) in [4.78, 5) is 23.3. The van der Waals surface area contributed by atoms with Crippen molar-refractivity contribution in [2.24, 2.45) is 5.92 Å². The molecular formula is C11H20N2O6S. The van der Waals surface area contributed by atoms with Gasteiger partial charge in [-0.1, -0.05) is 0 Å². The maximum atomic E-state index is 12.0. The third-order valence-electron chi connectivity index (χ3n) is 3.21. The Hall–Kier alpha value is -1.19. The van der Waals surface area contributed by atoms with Gasteiger partial charge in [-0.3, -0.25) is 4.79 Å². The molecule has 0 spiro atoms. The molecule has 1 aliphatic heterocycles. The number of esters is 1. The normalized spacial score (nSPS) is 22.1. The molecule has 9 heteroatoms. The second-order valence-corrected chi connectivity index (χ2v) is 6.71. The first kappa shape index (κ1) is 16.9. The highest BCUT2D eigenvalue weighted by Gasteiger charge is 2.32. The number of ether oxygens (including phenoxy) is 1. The van der Waals surface area contributed by atoms with Crippen LogP contribution in [0.25, 0.3) is 0 Å². The van der Waals surface area contributed by atoms with Gasteiger partial charge in [-0.15, -0.1) is 0 Å². The number of hydrogen-bond acceptors (Lipinski definition) is 6. The molecule has 0 aliphatic carbocycles. The molecule has 8 nitrogen and oxygen atoms in total. The Morgan fingerprint density at radius 3 is 2.65 bits per heavy atom. The van der Waals surface area contributed by atoms with Crippen LogP contribution in [0.5, 0.6) is 0 Å². The molecule has 1 fully saturated rings. The molecule has 1 rings (SSSR count). The highest BCUT2D eigenvalue weighted by molar-refractivity contribution is 7.88. The zero-order chi connectivity index (χ0) is 15.3. The number of aliphatic hydroxyl groups is 1. The van der Waals surface area contributed by atoms with Crippen LogP contribution < -0.4 is 5.32 Å². The molecule has 1 saturated heterocycles. The second-order valence-electron chi connectivity index (χ2n) is 4.73. The molecule has 2 N–H and O–H groups in total. The van der Waals surface area contributed by atoms with Crippen LogP contribution in [0.2, 0.25) is 0 Å². The van der Waals surface area contributed by atoms with E-state index in [1.54, 1.807) is 0 Å². The van der Waals surface area contributed by atoms with Crippen LogP contribution in [0.15, 0.2) is 0 Å². The zero-order valence-electron chi connectivity index (χ0n) is 11.5. The summed E-state index contributed by atoms with van der Waals surface area (Å²) in [7, 11) is -2.18. The second kappa shape index (κ2) is 7.00. The molecule has 1 heterocycles. The molecule has 0 aromatic rings. The average molecular weight is 308 g/mol. The van der Waals surface area contributed by atoms with Crippen LogP contribution in [0.3, 0.4) is 0 Å². The topological polar surface area (TPSA) is 113 Å². The Morgan fingerprint density at radius 1 is 1.50 bits per heavy atom. The molecule has 1 aliphatic rings. The summed E-state index contributed by atoms with van der Waals surface area (Å²) in [5.41, 5.74) is 0. The first-order valence-corrected chi connectivity index (χ1v) is 8.08. The molecule has 2 atom stereocenters. The standard InChI is InChI=1S/C11H20N2O6S/c1-19-11(16)9(7-14)12-10(15)8-4-3-5-13(6-8)20(2,17)18/h8-9,14H,3-7H2,1-2H3,(H,12,15). The molecule has 116 valence electrons. The van der Waals surface area contributed by atoms with Crippen LogP contribution in [0.4, 0.5) is 0 Å². The Labute approximate surface area is 118 Å². The largest absolute Gasteiger partial charge is 0.467 e. The Kier molecular flexibility index (Phi) is 5.90. The van der Waals surface area contributed by atoms with Crippen molar-refractivity contribution in [2.75, 3.05) is 33.1 Å². The number of carbonyl (C=O) groups is 2. The smallest absolute Gasteiger partial charge is 0.330 e. The molecule has 0 aromatic carbocycles. The highest BCUT2D eigenvalue weighted by atomic mass is 32.2. The maximum absolute atomic E-state index is 12.0. The lowest BCUT2D eigenvalue weighted by Gasteiger charge is -2.30. The molecule has 20 heavy (non-hydrogen) atoms. The van der Waals surface area contributed by atoms with Crippen LogP contribution in [0.1, 0.15) is 12.8 Å². The van der Waals surface area contributed by atoms with Gasteiger partial charge in [0.1, 0.15) is 0 Å². The summed E-state index contributed by atoms with van der Waals surface area (Å²) in [6.07, 6.45) is 2.21. The van der Waals surface area contributed by atoms with Gasteiger partial charge in [0.2, 0.25) is 15.9 Å². The van der Waals surface area contributed by atoms with Crippen molar-refractivity contribution >= 4 is 21.9 Å². The first-order valence-electron chi connectivity index (χ1n) is 6.23. The van der Waals surface area contributed by atoms with Gasteiger partial charge in [-0.2, -0.15) is 0 Å². The first-order chi connectivity index (χ1) is 9.29. The highest BCUT2D eigenvalue weighted by Crippen LogP contribution is 2.18. The Bertz CT molecular complexity index is 464. The van der Waals surface area contributed by atoms with Gasteiger partial charge in [-0.05, 0) is 12.8 Å². The number of aliphatic hydroxyl groups excluding tert-OH is 1. The number of hydrogen-bond donors (Lipinski definition) is 2. The van der Waals surface area contributed by atoms with Gasteiger partial charge in [0.15, 0.2) is 6.04 Å². The quantitative estimate of drug-likeness (QED) is 0.586. The van der Waals surface area contributed by atoms with Crippen LogP contribution in [-0.2, 0) is 24.3 Å². The van der Waals surface area contributed by atoms with E-state index in [0.717, 1.165) is 13.4 Å². The van der Waals surface area contributed by atoms with Crippen molar-refractivity contribution in [3.8, 4) is 0 Å². The van der Waals surface area contributed by atoms with E-state index < -0.39 is 40.5 Å². The summed E-state index contributed by atoms with van der Waals surface area (Å²) in [5.74, 6) is -1.73. The van der Waals surface area contributed by atoms with Crippen molar-refractivity contribution in [3.05, 3.63) is 0 Å². The van der Waals surface area contributed by atoms with E-state index in [0.29, 0.717) is 19.4 Å². The maximum Gasteiger partial charge on any atom is 0.330 e. The number of carbonyl (C=O) groups excluding carboxylic acids is 2.